The van der Waals surface area contributed by atoms with Crippen LogP contribution in [0.3, 0.4) is 0 Å². The quantitative estimate of drug-likeness (QED) is 0.500. The van der Waals surface area contributed by atoms with E-state index in [1.807, 2.05) is 12.1 Å². The van der Waals surface area contributed by atoms with Gasteiger partial charge in [0.1, 0.15) is 0 Å². The molecule has 0 aromatic heterocycles. The Morgan fingerprint density at radius 2 is 0.625 bits per heavy atom. The predicted molar refractivity (Wildman–Crippen MR) is 135 cm³/mol. The van der Waals surface area contributed by atoms with Crippen LogP contribution in [-0.4, -0.2) is 10.2 Å². The van der Waals surface area contributed by atoms with Gasteiger partial charge in [0.2, 0.25) is 0 Å². The first-order valence-electron chi connectivity index (χ1n) is 13.2. The highest BCUT2D eigenvalue weighted by molar-refractivity contribution is 5.23. The van der Waals surface area contributed by atoms with Crippen molar-refractivity contribution in [3.63, 3.8) is 0 Å². The third-order valence-electron chi connectivity index (χ3n) is 7.48. The Hall–Kier alpha value is -1.64. The lowest BCUT2D eigenvalue weighted by Gasteiger charge is -2.30. The van der Waals surface area contributed by atoms with E-state index >= 15 is 0 Å². The van der Waals surface area contributed by atoms with Gasteiger partial charge in [0.25, 0.3) is 0 Å². The van der Waals surface area contributed by atoms with Crippen LogP contribution in [-0.2, 0) is 11.2 Å². The minimum atomic E-state index is -0.668. The van der Waals surface area contributed by atoms with Gasteiger partial charge in [0.15, 0.2) is 0 Å². The molecule has 0 atom stereocenters. The van der Waals surface area contributed by atoms with Gasteiger partial charge in [-0.3, -0.25) is 0 Å². The van der Waals surface area contributed by atoms with Crippen molar-refractivity contribution in [2.45, 2.75) is 114 Å². The highest BCUT2D eigenvalue weighted by atomic mass is 16.3. The summed E-state index contributed by atoms with van der Waals surface area (Å²) in [6.07, 6.45) is 17.4. The van der Waals surface area contributed by atoms with Gasteiger partial charge in [-0.15, -0.1) is 0 Å². The van der Waals surface area contributed by atoms with E-state index in [0.717, 1.165) is 62.5 Å². The summed E-state index contributed by atoms with van der Waals surface area (Å²) in [5.74, 6) is 0. The van der Waals surface area contributed by atoms with E-state index in [9.17, 15) is 10.2 Å². The molecule has 2 nitrogen and oxygen atoms in total. The Morgan fingerprint density at radius 3 is 0.906 bits per heavy atom. The van der Waals surface area contributed by atoms with Crippen LogP contribution in [0.25, 0.3) is 0 Å². The molecule has 2 aromatic carbocycles. The standard InChI is InChI=1S/C30H44O2/c31-29(27-19-11-9-12-20-27)23-15-5-1-2-6-16-24-30(32,28-21-13-10-14-22-28)26-18-8-4-3-7-17-25-29/h9-14,19-22,31-32H,1-8,15-18,23-26H2. The molecule has 0 aliphatic heterocycles. The van der Waals surface area contributed by atoms with Gasteiger partial charge in [-0.25, -0.2) is 0 Å². The maximum atomic E-state index is 11.5. The van der Waals surface area contributed by atoms with Crippen molar-refractivity contribution in [2.75, 3.05) is 0 Å². The molecule has 32 heavy (non-hydrogen) atoms. The van der Waals surface area contributed by atoms with Crippen LogP contribution >= 0.6 is 0 Å². The average Bonchev–Trinajstić information content (AvgIpc) is 2.83. The fourth-order valence-electron chi connectivity index (χ4n) is 5.41. The van der Waals surface area contributed by atoms with Crippen molar-refractivity contribution in [1.82, 2.24) is 0 Å². The number of aliphatic hydroxyl groups is 2. The predicted octanol–water partition coefficient (Wildman–Crippen LogP) is 8.02. The van der Waals surface area contributed by atoms with E-state index in [-0.39, 0.29) is 0 Å². The smallest absolute Gasteiger partial charge is 0.0896 e. The molecule has 1 saturated carbocycles. The highest BCUT2D eigenvalue weighted by Crippen LogP contribution is 2.35. The van der Waals surface area contributed by atoms with Gasteiger partial charge >= 0.3 is 0 Å². The first kappa shape index (κ1) is 25.0. The van der Waals surface area contributed by atoms with Gasteiger partial charge < -0.3 is 10.2 Å². The molecule has 1 aliphatic carbocycles. The molecule has 0 saturated heterocycles. The second kappa shape index (κ2) is 13.2. The number of hydrogen-bond donors (Lipinski definition) is 2. The lowest BCUT2D eigenvalue weighted by molar-refractivity contribution is 0.0110. The summed E-state index contributed by atoms with van der Waals surface area (Å²) in [7, 11) is 0. The van der Waals surface area contributed by atoms with Gasteiger partial charge in [-0.2, -0.15) is 0 Å². The largest absolute Gasteiger partial charge is 0.385 e. The second-order valence-corrected chi connectivity index (χ2v) is 10.0. The second-order valence-electron chi connectivity index (χ2n) is 10.0. The normalized spacial score (nSPS) is 27.8. The van der Waals surface area contributed by atoms with E-state index in [1.54, 1.807) is 0 Å². The van der Waals surface area contributed by atoms with Crippen molar-refractivity contribution < 1.29 is 10.2 Å². The molecule has 1 fully saturated rings. The SMILES string of the molecule is OC1(c2ccccc2)CCCCCCCCC(O)(c2ccccc2)CCCCCCCC1. The molecule has 3 rings (SSSR count). The molecule has 0 unspecified atom stereocenters. The molecule has 2 heteroatoms. The molecule has 0 spiro atoms. The van der Waals surface area contributed by atoms with Gasteiger partial charge in [-0.05, 0) is 36.8 Å². The number of hydrogen-bond acceptors (Lipinski definition) is 2. The Kier molecular flexibility index (Phi) is 10.3. The number of benzene rings is 2. The van der Waals surface area contributed by atoms with E-state index in [0.29, 0.717) is 0 Å². The van der Waals surface area contributed by atoms with Gasteiger partial charge in [0, 0.05) is 0 Å². The van der Waals surface area contributed by atoms with Crippen molar-refractivity contribution in [3.05, 3.63) is 71.8 Å². The Labute approximate surface area is 196 Å². The first-order valence-corrected chi connectivity index (χ1v) is 13.2. The van der Waals surface area contributed by atoms with Crippen molar-refractivity contribution in [3.8, 4) is 0 Å². The van der Waals surface area contributed by atoms with E-state index in [1.165, 1.54) is 51.4 Å². The zero-order valence-electron chi connectivity index (χ0n) is 20.0. The summed E-state index contributed by atoms with van der Waals surface area (Å²) in [6.45, 7) is 0. The third kappa shape index (κ3) is 7.74. The molecule has 2 aromatic rings. The van der Waals surface area contributed by atoms with Gasteiger partial charge in [-0.1, -0.05) is 138 Å². The van der Waals surface area contributed by atoms with Crippen LogP contribution < -0.4 is 0 Å². The van der Waals surface area contributed by atoms with Crippen LogP contribution in [0.2, 0.25) is 0 Å². The fraction of sp³-hybridized carbons (Fsp3) is 0.600. The molecule has 0 heterocycles. The molecule has 0 amide bonds. The maximum absolute atomic E-state index is 11.5. The topological polar surface area (TPSA) is 40.5 Å². The van der Waals surface area contributed by atoms with Crippen LogP contribution in [0.1, 0.15) is 114 Å². The molecule has 2 N–H and O–H groups in total. The summed E-state index contributed by atoms with van der Waals surface area (Å²) in [5, 5.41) is 22.9. The third-order valence-corrected chi connectivity index (χ3v) is 7.48. The van der Waals surface area contributed by atoms with Crippen LogP contribution in [0.5, 0.6) is 0 Å². The number of rotatable bonds is 2. The molecule has 0 radical (unpaired) electrons. The summed E-state index contributed by atoms with van der Waals surface area (Å²) in [4.78, 5) is 0. The monoisotopic (exact) mass is 436 g/mol. The molecule has 176 valence electrons. The van der Waals surface area contributed by atoms with Crippen LogP contribution in [0.15, 0.2) is 60.7 Å². The zero-order chi connectivity index (χ0) is 22.5. The van der Waals surface area contributed by atoms with E-state index < -0.39 is 11.2 Å². The lowest BCUT2D eigenvalue weighted by atomic mass is 9.82. The molecule has 0 bridgehead atoms. The lowest BCUT2D eigenvalue weighted by Crippen LogP contribution is -2.26. The van der Waals surface area contributed by atoms with Crippen molar-refractivity contribution >= 4 is 0 Å². The Bertz CT molecular complexity index is 654. The van der Waals surface area contributed by atoms with Gasteiger partial charge in [0.05, 0.1) is 11.2 Å². The van der Waals surface area contributed by atoms with Crippen molar-refractivity contribution in [1.29, 1.82) is 0 Å². The average molecular weight is 437 g/mol. The highest BCUT2D eigenvalue weighted by Gasteiger charge is 2.29. The molecule has 1 aliphatic rings. The minimum Gasteiger partial charge on any atom is -0.385 e. The summed E-state index contributed by atoms with van der Waals surface area (Å²) >= 11 is 0. The van der Waals surface area contributed by atoms with Crippen LogP contribution in [0, 0.1) is 0 Å². The fourth-order valence-corrected chi connectivity index (χ4v) is 5.41. The van der Waals surface area contributed by atoms with E-state index in [4.69, 9.17) is 0 Å². The molecular weight excluding hydrogens is 392 g/mol. The Balaban J connectivity index is 1.56. The maximum Gasteiger partial charge on any atom is 0.0896 e. The summed E-state index contributed by atoms with van der Waals surface area (Å²) in [6, 6.07) is 20.7. The summed E-state index contributed by atoms with van der Waals surface area (Å²) in [5.41, 5.74) is 0.849. The summed E-state index contributed by atoms with van der Waals surface area (Å²) < 4.78 is 0. The van der Waals surface area contributed by atoms with Crippen molar-refractivity contribution in [2.24, 2.45) is 0 Å². The van der Waals surface area contributed by atoms with Crippen LogP contribution in [0.4, 0.5) is 0 Å². The van der Waals surface area contributed by atoms with E-state index in [2.05, 4.69) is 48.5 Å². The minimum absolute atomic E-state index is 0.668. The first-order chi connectivity index (χ1) is 15.6. The zero-order valence-corrected chi connectivity index (χ0v) is 20.0. The molecular formula is C30H44O2. The Morgan fingerprint density at radius 1 is 0.375 bits per heavy atom.